The minimum absolute atomic E-state index is 0.0908. The van der Waals surface area contributed by atoms with Crippen molar-refractivity contribution in [1.29, 1.82) is 0 Å². The molecular weight excluding hydrogens is 314 g/mol. The van der Waals surface area contributed by atoms with Crippen LogP contribution < -0.4 is 14.8 Å². The molecule has 0 saturated heterocycles. The van der Waals surface area contributed by atoms with Gasteiger partial charge in [0.1, 0.15) is 17.2 Å². The predicted octanol–water partition coefficient (Wildman–Crippen LogP) is 3.69. The summed E-state index contributed by atoms with van der Waals surface area (Å²) in [7, 11) is 1.67. The lowest BCUT2D eigenvalue weighted by atomic mass is 9.93. The maximum atomic E-state index is 6.12. The molecule has 128 valence electrons. The fourth-order valence-electron chi connectivity index (χ4n) is 3.22. The summed E-state index contributed by atoms with van der Waals surface area (Å²) in [6.07, 6.45) is 5.61. The van der Waals surface area contributed by atoms with Crippen molar-refractivity contribution in [3.63, 3.8) is 0 Å². The Kier molecular flexibility index (Phi) is 4.15. The molecule has 1 aliphatic rings. The maximum absolute atomic E-state index is 6.12. The van der Waals surface area contributed by atoms with Gasteiger partial charge in [-0.3, -0.25) is 0 Å². The van der Waals surface area contributed by atoms with Crippen molar-refractivity contribution < 1.29 is 9.47 Å². The summed E-state index contributed by atoms with van der Waals surface area (Å²) in [5, 5.41) is 3.67. The van der Waals surface area contributed by atoms with Gasteiger partial charge in [-0.05, 0) is 25.1 Å². The SMILES string of the molecule is COc1ccc2c(c1)Oc1ccc(C)cc1C2NCCn1ccnc1. The van der Waals surface area contributed by atoms with Gasteiger partial charge in [0.05, 0.1) is 19.5 Å². The molecule has 2 heterocycles. The summed E-state index contributed by atoms with van der Waals surface area (Å²) in [6.45, 7) is 3.80. The molecule has 1 N–H and O–H groups in total. The van der Waals surface area contributed by atoms with E-state index in [1.54, 1.807) is 13.3 Å². The second-order valence-electron chi connectivity index (χ2n) is 6.23. The molecule has 2 aromatic carbocycles. The quantitative estimate of drug-likeness (QED) is 0.773. The van der Waals surface area contributed by atoms with Crippen molar-refractivity contribution in [2.45, 2.75) is 19.5 Å². The summed E-state index contributed by atoms with van der Waals surface area (Å²) in [6, 6.07) is 12.4. The zero-order valence-electron chi connectivity index (χ0n) is 14.4. The van der Waals surface area contributed by atoms with Gasteiger partial charge in [0.15, 0.2) is 0 Å². The van der Waals surface area contributed by atoms with Crippen LogP contribution in [0.4, 0.5) is 0 Å². The van der Waals surface area contributed by atoms with Crippen molar-refractivity contribution in [2.24, 2.45) is 0 Å². The average molecular weight is 335 g/mol. The van der Waals surface area contributed by atoms with Gasteiger partial charge >= 0.3 is 0 Å². The monoisotopic (exact) mass is 335 g/mol. The van der Waals surface area contributed by atoms with Gasteiger partial charge in [-0.25, -0.2) is 4.98 Å². The van der Waals surface area contributed by atoms with Gasteiger partial charge in [0.2, 0.25) is 0 Å². The van der Waals surface area contributed by atoms with Gasteiger partial charge in [-0.15, -0.1) is 0 Å². The number of methoxy groups -OCH3 is 1. The minimum atomic E-state index is 0.0908. The highest BCUT2D eigenvalue weighted by atomic mass is 16.5. The van der Waals surface area contributed by atoms with Crippen LogP contribution in [0.3, 0.4) is 0 Å². The van der Waals surface area contributed by atoms with Crippen LogP contribution in [0.1, 0.15) is 22.7 Å². The number of aromatic nitrogens is 2. The second kappa shape index (κ2) is 6.61. The van der Waals surface area contributed by atoms with Gasteiger partial charge in [-0.1, -0.05) is 17.7 Å². The van der Waals surface area contributed by atoms with Crippen LogP contribution in [0, 0.1) is 6.92 Å². The van der Waals surface area contributed by atoms with Gasteiger partial charge in [0.25, 0.3) is 0 Å². The number of fused-ring (bicyclic) bond motifs is 2. The first kappa shape index (κ1) is 15.7. The highest BCUT2D eigenvalue weighted by Crippen LogP contribution is 2.44. The van der Waals surface area contributed by atoms with E-state index in [0.29, 0.717) is 0 Å². The number of hydrogen-bond acceptors (Lipinski definition) is 4. The molecule has 0 bridgehead atoms. The number of aryl methyl sites for hydroxylation is 1. The number of nitrogens with one attached hydrogen (secondary N) is 1. The molecule has 3 aromatic rings. The van der Waals surface area contributed by atoms with Crippen LogP contribution in [-0.2, 0) is 6.54 Å². The predicted molar refractivity (Wildman–Crippen MR) is 96.3 cm³/mol. The Morgan fingerprint density at radius 1 is 1.16 bits per heavy atom. The molecule has 4 rings (SSSR count). The van der Waals surface area contributed by atoms with Crippen molar-refractivity contribution in [3.05, 3.63) is 71.8 Å². The van der Waals surface area contributed by atoms with Crippen LogP contribution in [0.2, 0.25) is 0 Å². The van der Waals surface area contributed by atoms with E-state index < -0.39 is 0 Å². The first-order chi connectivity index (χ1) is 12.2. The number of hydrogen-bond donors (Lipinski definition) is 1. The third-order valence-corrected chi connectivity index (χ3v) is 4.51. The van der Waals surface area contributed by atoms with Crippen molar-refractivity contribution >= 4 is 0 Å². The molecule has 0 saturated carbocycles. The lowest BCUT2D eigenvalue weighted by Gasteiger charge is -2.29. The van der Waals surface area contributed by atoms with Gasteiger partial charge < -0.3 is 19.4 Å². The summed E-state index contributed by atoms with van der Waals surface area (Å²) < 4.78 is 13.5. The van der Waals surface area contributed by atoms with Crippen LogP contribution in [-0.4, -0.2) is 23.2 Å². The second-order valence-corrected chi connectivity index (χ2v) is 6.23. The van der Waals surface area contributed by atoms with Crippen LogP contribution >= 0.6 is 0 Å². The summed E-state index contributed by atoms with van der Waals surface area (Å²) in [5.41, 5.74) is 3.52. The standard InChI is InChI=1S/C20H21N3O2/c1-14-3-6-18-17(11-14)20(22-8-10-23-9-7-21-13-23)16-5-4-15(24-2)12-19(16)25-18/h3-7,9,11-13,20,22H,8,10H2,1-2H3. The Morgan fingerprint density at radius 2 is 2.08 bits per heavy atom. The maximum Gasteiger partial charge on any atom is 0.136 e. The Morgan fingerprint density at radius 3 is 2.88 bits per heavy atom. The largest absolute Gasteiger partial charge is 0.497 e. The number of imidazole rings is 1. The number of rotatable bonds is 5. The molecule has 1 aromatic heterocycles. The summed E-state index contributed by atoms with van der Waals surface area (Å²) >= 11 is 0. The smallest absolute Gasteiger partial charge is 0.136 e. The average Bonchev–Trinajstić information content (AvgIpc) is 3.14. The third-order valence-electron chi connectivity index (χ3n) is 4.51. The van der Waals surface area contributed by atoms with E-state index >= 15 is 0 Å². The van der Waals surface area contributed by atoms with Crippen molar-refractivity contribution in [3.8, 4) is 17.2 Å². The van der Waals surface area contributed by atoms with Crippen molar-refractivity contribution in [1.82, 2.24) is 14.9 Å². The molecule has 0 radical (unpaired) electrons. The van der Waals surface area contributed by atoms with Crippen LogP contribution in [0.15, 0.2) is 55.1 Å². The Labute approximate surface area is 147 Å². The van der Waals surface area contributed by atoms with E-state index in [4.69, 9.17) is 9.47 Å². The topological polar surface area (TPSA) is 48.3 Å². The number of benzene rings is 2. The van der Waals surface area contributed by atoms with E-state index in [1.165, 1.54) is 11.1 Å². The zero-order valence-corrected chi connectivity index (χ0v) is 14.4. The lowest BCUT2D eigenvalue weighted by Crippen LogP contribution is -2.28. The highest BCUT2D eigenvalue weighted by molar-refractivity contribution is 5.55. The summed E-state index contributed by atoms with van der Waals surface area (Å²) in [4.78, 5) is 4.09. The molecule has 1 unspecified atom stereocenters. The number of ether oxygens (including phenoxy) is 2. The van der Waals surface area contributed by atoms with Crippen molar-refractivity contribution in [2.75, 3.05) is 13.7 Å². The molecule has 5 nitrogen and oxygen atoms in total. The van der Waals surface area contributed by atoms with E-state index in [-0.39, 0.29) is 6.04 Å². The zero-order chi connectivity index (χ0) is 17.2. The Balaban J connectivity index is 1.65. The van der Waals surface area contributed by atoms with Gasteiger partial charge in [-0.2, -0.15) is 0 Å². The fourth-order valence-corrected chi connectivity index (χ4v) is 3.22. The number of nitrogens with zero attached hydrogens (tertiary/aromatic N) is 2. The molecule has 0 fully saturated rings. The normalized spacial score (nSPS) is 15.2. The molecule has 25 heavy (non-hydrogen) atoms. The first-order valence-electron chi connectivity index (χ1n) is 8.40. The summed E-state index contributed by atoms with van der Waals surface area (Å²) in [5.74, 6) is 2.54. The van der Waals surface area contributed by atoms with Crippen LogP contribution in [0.25, 0.3) is 0 Å². The van der Waals surface area contributed by atoms with E-state index in [0.717, 1.165) is 35.9 Å². The molecule has 1 aliphatic heterocycles. The minimum Gasteiger partial charge on any atom is -0.497 e. The van der Waals surface area contributed by atoms with Gasteiger partial charge in [0, 0.05) is 42.7 Å². The van der Waals surface area contributed by atoms with E-state index in [2.05, 4.69) is 40.0 Å². The molecule has 0 amide bonds. The Hall–Kier alpha value is -2.79. The molecule has 0 aliphatic carbocycles. The van der Waals surface area contributed by atoms with E-state index in [1.807, 2.05) is 30.7 Å². The molecular formula is C20H21N3O2. The molecule has 1 atom stereocenters. The lowest BCUT2D eigenvalue weighted by molar-refractivity contribution is 0.398. The highest BCUT2D eigenvalue weighted by Gasteiger charge is 2.27. The Bertz CT molecular complexity index is 875. The molecule has 0 spiro atoms. The fraction of sp³-hybridized carbons (Fsp3) is 0.250. The third kappa shape index (κ3) is 3.10. The van der Waals surface area contributed by atoms with E-state index in [9.17, 15) is 0 Å². The molecule has 5 heteroatoms. The first-order valence-corrected chi connectivity index (χ1v) is 8.40. The van der Waals surface area contributed by atoms with Crippen LogP contribution in [0.5, 0.6) is 17.2 Å².